The van der Waals surface area contributed by atoms with Crippen LogP contribution in [0.1, 0.15) is 103 Å². The topological polar surface area (TPSA) is 26.3 Å². The number of halogens is 1. The highest BCUT2D eigenvalue weighted by molar-refractivity contribution is 5.80. The fraction of sp³-hybridized carbons (Fsp3) is 0.708. The van der Waals surface area contributed by atoms with Crippen LogP contribution in [0, 0.1) is 11.7 Å². The van der Waals surface area contributed by atoms with Crippen molar-refractivity contribution in [3.8, 4) is 5.75 Å². The molecule has 0 saturated heterocycles. The predicted molar refractivity (Wildman–Crippen MR) is 108 cm³/mol. The van der Waals surface area contributed by atoms with Gasteiger partial charge in [-0.15, -0.1) is 0 Å². The van der Waals surface area contributed by atoms with Crippen LogP contribution >= 0.6 is 0 Å². The van der Waals surface area contributed by atoms with Crippen molar-refractivity contribution in [2.45, 2.75) is 103 Å². The smallest absolute Gasteiger partial charge is 0.133 e. The van der Waals surface area contributed by atoms with Crippen molar-refractivity contribution in [1.82, 2.24) is 0 Å². The van der Waals surface area contributed by atoms with E-state index in [0.29, 0.717) is 24.2 Å². The number of fused-ring (bicyclic) bond motifs is 3. The molecule has 150 valence electrons. The van der Waals surface area contributed by atoms with Crippen LogP contribution < -0.4 is 4.74 Å². The Balaban J connectivity index is 1.92. The Bertz CT molecular complexity index is 705. The SMILES string of the molecule is CCCCCCC(C)(C)c1cc(F)c2c(c1)OC(C)(C)C1CCC(=O)CC21. The number of ketones is 1. The van der Waals surface area contributed by atoms with E-state index in [2.05, 4.69) is 40.7 Å². The minimum absolute atomic E-state index is 0.0493. The first kappa shape index (κ1) is 20.4. The zero-order valence-corrected chi connectivity index (χ0v) is 17.7. The summed E-state index contributed by atoms with van der Waals surface area (Å²) in [7, 11) is 0. The molecule has 1 aromatic rings. The molecule has 27 heavy (non-hydrogen) atoms. The summed E-state index contributed by atoms with van der Waals surface area (Å²) in [6.45, 7) is 10.8. The number of carbonyl (C=O) groups excluding carboxylic acids is 1. The molecule has 1 aliphatic carbocycles. The molecule has 1 saturated carbocycles. The average Bonchev–Trinajstić information content (AvgIpc) is 2.57. The number of unbranched alkanes of at least 4 members (excludes halogenated alkanes) is 3. The van der Waals surface area contributed by atoms with Crippen molar-refractivity contribution in [1.29, 1.82) is 0 Å². The fourth-order valence-electron chi connectivity index (χ4n) is 5.07. The largest absolute Gasteiger partial charge is 0.487 e. The molecule has 1 fully saturated rings. The van der Waals surface area contributed by atoms with Gasteiger partial charge in [-0.1, -0.05) is 46.5 Å². The van der Waals surface area contributed by atoms with E-state index in [1.165, 1.54) is 19.3 Å². The van der Waals surface area contributed by atoms with Crippen LogP contribution in [0.4, 0.5) is 4.39 Å². The number of hydrogen-bond donors (Lipinski definition) is 0. The first-order valence-corrected chi connectivity index (χ1v) is 10.7. The summed E-state index contributed by atoms with van der Waals surface area (Å²) in [6, 6.07) is 3.76. The standard InChI is InChI=1S/C24H35FO2/c1-6-7-8-9-12-23(2,3)16-13-20(25)22-18-15-17(26)10-11-19(18)24(4,5)27-21(22)14-16/h13-14,18-19H,6-12,15H2,1-5H3. The van der Waals surface area contributed by atoms with E-state index in [1.807, 2.05) is 0 Å². The Kier molecular flexibility index (Phi) is 5.70. The molecule has 2 atom stereocenters. The number of benzene rings is 1. The molecular weight excluding hydrogens is 339 g/mol. The van der Waals surface area contributed by atoms with Gasteiger partial charge in [-0.2, -0.15) is 0 Å². The summed E-state index contributed by atoms with van der Waals surface area (Å²) in [4.78, 5) is 12.1. The second-order valence-corrected chi connectivity index (χ2v) is 9.76. The van der Waals surface area contributed by atoms with E-state index < -0.39 is 0 Å². The molecule has 3 rings (SSSR count). The second-order valence-electron chi connectivity index (χ2n) is 9.76. The lowest BCUT2D eigenvalue weighted by molar-refractivity contribution is -0.124. The van der Waals surface area contributed by atoms with Gasteiger partial charge in [-0.3, -0.25) is 4.79 Å². The van der Waals surface area contributed by atoms with E-state index in [-0.39, 0.29) is 34.5 Å². The van der Waals surface area contributed by atoms with Crippen LogP contribution in [0.25, 0.3) is 0 Å². The summed E-state index contributed by atoms with van der Waals surface area (Å²) in [6.07, 6.45) is 7.73. The summed E-state index contributed by atoms with van der Waals surface area (Å²) in [5.41, 5.74) is 1.19. The van der Waals surface area contributed by atoms with Crippen molar-refractivity contribution in [2.24, 2.45) is 5.92 Å². The number of ether oxygens (including phenoxy) is 1. The maximum Gasteiger partial charge on any atom is 0.133 e. The Morgan fingerprint density at radius 3 is 2.67 bits per heavy atom. The summed E-state index contributed by atoms with van der Waals surface area (Å²) in [5.74, 6) is 0.869. The second kappa shape index (κ2) is 7.56. The minimum atomic E-state index is -0.366. The average molecular weight is 375 g/mol. The van der Waals surface area contributed by atoms with Crippen LogP contribution in [-0.2, 0) is 10.2 Å². The molecule has 2 unspecified atom stereocenters. The fourth-order valence-corrected chi connectivity index (χ4v) is 5.07. The van der Waals surface area contributed by atoms with Gasteiger partial charge in [0.2, 0.25) is 0 Å². The van der Waals surface area contributed by atoms with E-state index in [4.69, 9.17) is 4.74 Å². The van der Waals surface area contributed by atoms with Gasteiger partial charge in [0.1, 0.15) is 23.0 Å². The molecule has 1 aliphatic heterocycles. The zero-order valence-electron chi connectivity index (χ0n) is 17.7. The molecule has 0 N–H and O–H groups in total. The summed E-state index contributed by atoms with van der Waals surface area (Å²) in [5, 5.41) is 0. The highest BCUT2D eigenvalue weighted by Gasteiger charge is 2.47. The number of rotatable bonds is 6. The Morgan fingerprint density at radius 2 is 1.96 bits per heavy atom. The molecule has 3 heteroatoms. The van der Waals surface area contributed by atoms with Crippen LogP contribution in [0.2, 0.25) is 0 Å². The Hall–Kier alpha value is -1.38. The number of hydrogen-bond acceptors (Lipinski definition) is 2. The molecule has 0 spiro atoms. The Morgan fingerprint density at radius 1 is 1.22 bits per heavy atom. The lowest BCUT2D eigenvalue weighted by atomic mass is 9.66. The molecule has 1 aromatic carbocycles. The maximum absolute atomic E-state index is 15.3. The van der Waals surface area contributed by atoms with Crippen LogP contribution in [0.3, 0.4) is 0 Å². The molecule has 1 heterocycles. The van der Waals surface area contributed by atoms with Crippen LogP contribution in [0.15, 0.2) is 12.1 Å². The highest BCUT2D eigenvalue weighted by Crippen LogP contribution is 2.52. The van der Waals surface area contributed by atoms with Gasteiger partial charge in [0, 0.05) is 30.2 Å². The maximum atomic E-state index is 15.3. The van der Waals surface area contributed by atoms with E-state index >= 15 is 4.39 Å². The van der Waals surface area contributed by atoms with Crippen molar-refractivity contribution in [2.75, 3.05) is 0 Å². The minimum Gasteiger partial charge on any atom is -0.487 e. The molecule has 2 nitrogen and oxygen atoms in total. The molecule has 0 amide bonds. The third-order valence-corrected chi connectivity index (χ3v) is 6.83. The van der Waals surface area contributed by atoms with Gasteiger partial charge in [0.25, 0.3) is 0 Å². The van der Waals surface area contributed by atoms with Gasteiger partial charge >= 0.3 is 0 Å². The summed E-state index contributed by atoms with van der Waals surface area (Å²) < 4.78 is 21.6. The van der Waals surface area contributed by atoms with Gasteiger partial charge in [0.15, 0.2) is 0 Å². The first-order valence-electron chi connectivity index (χ1n) is 10.7. The van der Waals surface area contributed by atoms with Crippen molar-refractivity contribution in [3.05, 3.63) is 29.1 Å². The number of Topliss-reactive ketones (excluding diaryl/α,β-unsaturated/α-hetero) is 1. The molecule has 2 aliphatic rings. The third-order valence-electron chi connectivity index (χ3n) is 6.83. The van der Waals surface area contributed by atoms with Gasteiger partial charge < -0.3 is 4.74 Å². The molecular formula is C24H35FO2. The Labute approximate surface area is 163 Å². The third kappa shape index (κ3) is 4.07. The highest BCUT2D eigenvalue weighted by atomic mass is 19.1. The predicted octanol–water partition coefficient (Wildman–Crippen LogP) is 6.70. The van der Waals surface area contributed by atoms with Crippen molar-refractivity contribution < 1.29 is 13.9 Å². The molecule has 0 bridgehead atoms. The van der Waals surface area contributed by atoms with E-state index in [1.54, 1.807) is 6.07 Å². The molecule has 0 radical (unpaired) electrons. The summed E-state index contributed by atoms with van der Waals surface area (Å²) >= 11 is 0. The first-order chi connectivity index (χ1) is 12.7. The van der Waals surface area contributed by atoms with Crippen LogP contribution in [0.5, 0.6) is 5.75 Å². The van der Waals surface area contributed by atoms with E-state index in [9.17, 15) is 4.79 Å². The van der Waals surface area contributed by atoms with Crippen molar-refractivity contribution >= 4 is 5.78 Å². The van der Waals surface area contributed by atoms with Gasteiger partial charge in [0.05, 0.1) is 0 Å². The van der Waals surface area contributed by atoms with Crippen molar-refractivity contribution in [3.63, 3.8) is 0 Å². The molecule has 0 aromatic heterocycles. The lowest BCUT2D eigenvalue weighted by Crippen LogP contribution is -2.47. The quantitative estimate of drug-likeness (QED) is 0.518. The van der Waals surface area contributed by atoms with Gasteiger partial charge in [-0.05, 0) is 49.8 Å². The zero-order chi connectivity index (χ0) is 19.8. The van der Waals surface area contributed by atoms with Gasteiger partial charge in [-0.25, -0.2) is 4.39 Å². The normalized spacial score (nSPS) is 24.1. The van der Waals surface area contributed by atoms with Crippen LogP contribution in [-0.4, -0.2) is 11.4 Å². The lowest BCUT2D eigenvalue weighted by Gasteiger charge is -2.47. The number of carbonyl (C=O) groups is 1. The monoisotopic (exact) mass is 374 g/mol. The van der Waals surface area contributed by atoms with E-state index in [0.717, 1.165) is 24.8 Å².